The van der Waals surface area contributed by atoms with Gasteiger partial charge in [-0.3, -0.25) is 14.8 Å². The molecule has 0 aromatic carbocycles. The summed E-state index contributed by atoms with van der Waals surface area (Å²) in [5, 5.41) is 11.4. The number of rotatable bonds is 5. The largest absolute Gasteiger partial charge is 0.344 e. The molecule has 140 valence electrons. The summed E-state index contributed by atoms with van der Waals surface area (Å²) in [6, 6.07) is 7.98. The monoisotopic (exact) mass is 390 g/mol. The minimum Gasteiger partial charge on any atom is -0.344 e. The molecule has 1 N–H and O–H groups in total. The third-order valence-electron chi connectivity index (χ3n) is 4.81. The van der Waals surface area contributed by atoms with Crippen molar-refractivity contribution in [3.8, 4) is 11.1 Å². The van der Waals surface area contributed by atoms with Crippen molar-refractivity contribution in [2.75, 3.05) is 5.75 Å². The van der Waals surface area contributed by atoms with Crippen molar-refractivity contribution in [3.63, 3.8) is 0 Å². The molecule has 8 heteroatoms. The van der Waals surface area contributed by atoms with E-state index in [2.05, 4.69) is 36.1 Å². The maximum atomic E-state index is 12.7. The number of nitrogens with zero attached hydrogens (tertiary/aromatic N) is 5. The van der Waals surface area contributed by atoms with Crippen LogP contribution in [0.5, 0.6) is 0 Å². The first-order chi connectivity index (χ1) is 13.8. The molecule has 1 atom stereocenters. The molecule has 1 fully saturated rings. The normalized spacial score (nSPS) is 18.7. The highest BCUT2D eigenvalue weighted by atomic mass is 32.2. The number of carbonyl (C=O) groups excluding carboxylic acids is 1. The lowest BCUT2D eigenvalue weighted by Crippen LogP contribution is -2.34. The van der Waals surface area contributed by atoms with Crippen molar-refractivity contribution < 1.29 is 4.79 Å². The summed E-state index contributed by atoms with van der Waals surface area (Å²) in [7, 11) is 0. The van der Waals surface area contributed by atoms with Gasteiger partial charge in [-0.1, -0.05) is 6.07 Å². The number of hydrogen-bond acceptors (Lipinski definition) is 6. The molecule has 3 aromatic heterocycles. The lowest BCUT2D eigenvalue weighted by atomic mass is 10.1. The first-order valence-corrected chi connectivity index (χ1v) is 10.2. The van der Waals surface area contributed by atoms with E-state index in [1.165, 1.54) is 12.8 Å². The van der Waals surface area contributed by atoms with Gasteiger partial charge in [0.2, 0.25) is 0 Å². The van der Waals surface area contributed by atoms with E-state index in [-0.39, 0.29) is 11.9 Å². The second-order valence-corrected chi connectivity index (χ2v) is 7.95. The van der Waals surface area contributed by atoms with Crippen molar-refractivity contribution in [2.45, 2.75) is 24.9 Å². The molecule has 1 aliphatic carbocycles. The standard InChI is InChI=1S/C20H18N6OS/c27-20(17-8-13(5-7-22-17)14-2-1-6-21-10-14)24-15-9-18(28-11-15)19-25-23-12-26(19)16-3-4-16/h1-2,5-10,12,15-16H,3-4,11H2,(H,24,27). The highest BCUT2D eigenvalue weighted by Gasteiger charge is 2.29. The first-order valence-electron chi connectivity index (χ1n) is 9.20. The number of carbonyl (C=O) groups is 1. The van der Waals surface area contributed by atoms with E-state index in [9.17, 15) is 4.79 Å². The molecule has 7 nitrogen and oxygen atoms in total. The molecule has 0 radical (unpaired) electrons. The zero-order valence-electron chi connectivity index (χ0n) is 15.0. The van der Waals surface area contributed by atoms with Crippen LogP contribution in [0, 0.1) is 0 Å². The molecular formula is C20H18N6OS. The smallest absolute Gasteiger partial charge is 0.270 e. The van der Waals surface area contributed by atoms with Gasteiger partial charge in [-0.2, -0.15) is 0 Å². The van der Waals surface area contributed by atoms with E-state index in [1.807, 2.05) is 18.2 Å². The van der Waals surface area contributed by atoms with Gasteiger partial charge in [0.15, 0.2) is 5.82 Å². The quantitative estimate of drug-likeness (QED) is 0.721. The predicted octanol–water partition coefficient (Wildman–Crippen LogP) is 2.96. The van der Waals surface area contributed by atoms with E-state index >= 15 is 0 Å². The fourth-order valence-corrected chi connectivity index (χ4v) is 4.30. The van der Waals surface area contributed by atoms with E-state index in [1.54, 1.807) is 42.7 Å². The zero-order chi connectivity index (χ0) is 18.9. The maximum absolute atomic E-state index is 12.7. The molecule has 1 saturated carbocycles. The first kappa shape index (κ1) is 17.1. The number of nitrogens with one attached hydrogen (secondary N) is 1. The summed E-state index contributed by atoms with van der Waals surface area (Å²) in [6.07, 6.45) is 11.4. The average molecular weight is 390 g/mol. The van der Waals surface area contributed by atoms with Crippen LogP contribution in [0.25, 0.3) is 16.0 Å². The van der Waals surface area contributed by atoms with Crippen LogP contribution in [-0.4, -0.2) is 42.4 Å². The summed E-state index contributed by atoms with van der Waals surface area (Å²) in [4.78, 5) is 22.1. The average Bonchev–Trinajstić information content (AvgIpc) is 3.28. The number of thioether (sulfide) groups is 1. The highest BCUT2D eigenvalue weighted by Crippen LogP contribution is 2.40. The fourth-order valence-electron chi connectivity index (χ4n) is 3.23. The van der Waals surface area contributed by atoms with Crippen LogP contribution in [0.15, 0.2) is 55.3 Å². The Balaban J connectivity index is 1.31. The second-order valence-electron chi connectivity index (χ2n) is 6.89. The molecule has 3 aromatic rings. The second kappa shape index (κ2) is 7.20. The molecule has 5 rings (SSSR count). The summed E-state index contributed by atoms with van der Waals surface area (Å²) in [5.41, 5.74) is 2.27. The number of aromatic nitrogens is 5. The Morgan fingerprint density at radius 3 is 2.96 bits per heavy atom. The SMILES string of the molecule is O=C(NC1C=C(c2nncn2C2CC2)SC1)c1cc(-c2cccnc2)ccn1. The Morgan fingerprint density at radius 1 is 1.21 bits per heavy atom. The molecule has 1 aliphatic heterocycles. The predicted molar refractivity (Wildman–Crippen MR) is 107 cm³/mol. The summed E-state index contributed by atoms with van der Waals surface area (Å²) in [5.74, 6) is 1.50. The van der Waals surface area contributed by atoms with Crippen molar-refractivity contribution in [3.05, 3.63) is 66.8 Å². The van der Waals surface area contributed by atoms with Crippen molar-refractivity contribution in [2.24, 2.45) is 0 Å². The molecule has 0 spiro atoms. The van der Waals surface area contributed by atoms with Gasteiger partial charge in [-0.25, -0.2) is 0 Å². The maximum Gasteiger partial charge on any atom is 0.270 e. The van der Waals surface area contributed by atoms with Gasteiger partial charge in [0.1, 0.15) is 12.0 Å². The lowest BCUT2D eigenvalue weighted by molar-refractivity contribution is 0.0943. The molecular weight excluding hydrogens is 372 g/mol. The van der Waals surface area contributed by atoms with Gasteiger partial charge in [0.05, 0.1) is 10.9 Å². The minimum absolute atomic E-state index is 0.0549. The van der Waals surface area contributed by atoms with Crippen LogP contribution >= 0.6 is 11.8 Å². The number of pyridine rings is 2. The van der Waals surface area contributed by atoms with Gasteiger partial charge in [0, 0.05) is 35.9 Å². The van der Waals surface area contributed by atoms with Crippen LogP contribution < -0.4 is 5.32 Å². The van der Waals surface area contributed by atoms with Crippen LogP contribution in [0.1, 0.15) is 35.2 Å². The van der Waals surface area contributed by atoms with E-state index in [4.69, 9.17) is 0 Å². The van der Waals surface area contributed by atoms with Crippen LogP contribution in [-0.2, 0) is 0 Å². The zero-order valence-corrected chi connectivity index (χ0v) is 15.8. The van der Waals surface area contributed by atoms with Crippen LogP contribution in [0.2, 0.25) is 0 Å². The molecule has 0 saturated heterocycles. The minimum atomic E-state index is -0.183. The van der Waals surface area contributed by atoms with E-state index < -0.39 is 0 Å². The molecule has 1 amide bonds. The van der Waals surface area contributed by atoms with Crippen molar-refractivity contribution in [1.82, 2.24) is 30.0 Å². The third-order valence-corrected chi connectivity index (χ3v) is 5.96. The topological polar surface area (TPSA) is 85.6 Å². The fraction of sp³-hybridized carbons (Fsp3) is 0.250. The van der Waals surface area contributed by atoms with Crippen LogP contribution in [0.3, 0.4) is 0 Å². The highest BCUT2D eigenvalue weighted by molar-refractivity contribution is 8.08. The van der Waals surface area contributed by atoms with E-state index in [0.717, 1.165) is 27.6 Å². The Kier molecular flexibility index (Phi) is 4.40. The number of amides is 1. The van der Waals surface area contributed by atoms with Gasteiger partial charge < -0.3 is 9.88 Å². The molecule has 4 heterocycles. The Labute approximate surface area is 166 Å². The van der Waals surface area contributed by atoms with Gasteiger partial charge >= 0.3 is 0 Å². The molecule has 1 unspecified atom stereocenters. The van der Waals surface area contributed by atoms with Crippen molar-refractivity contribution >= 4 is 22.6 Å². The van der Waals surface area contributed by atoms with Gasteiger partial charge in [-0.05, 0) is 42.7 Å². The molecule has 2 aliphatic rings. The summed E-state index contributed by atoms with van der Waals surface area (Å²) >= 11 is 1.70. The van der Waals surface area contributed by atoms with Crippen molar-refractivity contribution in [1.29, 1.82) is 0 Å². The Morgan fingerprint density at radius 2 is 2.14 bits per heavy atom. The Hall–Kier alpha value is -3.00. The molecule has 0 bridgehead atoms. The number of hydrogen-bond donors (Lipinski definition) is 1. The van der Waals surface area contributed by atoms with Gasteiger partial charge in [0.25, 0.3) is 5.91 Å². The summed E-state index contributed by atoms with van der Waals surface area (Å²) < 4.78 is 2.14. The van der Waals surface area contributed by atoms with E-state index in [0.29, 0.717) is 11.7 Å². The molecule has 28 heavy (non-hydrogen) atoms. The Bertz CT molecular complexity index is 1040. The summed E-state index contributed by atoms with van der Waals surface area (Å²) in [6.45, 7) is 0. The van der Waals surface area contributed by atoms with Crippen LogP contribution in [0.4, 0.5) is 0 Å². The van der Waals surface area contributed by atoms with Gasteiger partial charge in [-0.15, -0.1) is 22.0 Å². The lowest BCUT2D eigenvalue weighted by Gasteiger charge is -2.10. The third kappa shape index (κ3) is 3.43.